The molecule has 0 bridgehead atoms. The second kappa shape index (κ2) is 5.55. The summed E-state index contributed by atoms with van der Waals surface area (Å²) >= 11 is 1.44. The van der Waals surface area contributed by atoms with Crippen molar-refractivity contribution in [1.82, 2.24) is 15.2 Å². The van der Waals surface area contributed by atoms with Crippen molar-refractivity contribution in [2.45, 2.75) is 46.6 Å². The second-order valence-electron chi connectivity index (χ2n) is 5.21. The van der Waals surface area contributed by atoms with E-state index < -0.39 is 29.3 Å². The van der Waals surface area contributed by atoms with E-state index in [1.54, 1.807) is 27.0 Å². The van der Waals surface area contributed by atoms with Gasteiger partial charge in [0.2, 0.25) is 11.8 Å². The molecule has 2 rings (SSSR count). The number of amides is 4. The molecule has 1 fully saturated rings. The predicted molar refractivity (Wildman–Crippen MR) is 78.7 cm³/mol. The Morgan fingerprint density at radius 2 is 1.95 bits per heavy atom. The summed E-state index contributed by atoms with van der Waals surface area (Å²) in [5.74, 6) is -0.928. The van der Waals surface area contributed by atoms with Crippen LogP contribution >= 0.6 is 11.3 Å². The summed E-state index contributed by atoms with van der Waals surface area (Å²) in [6, 6.07) is -1.15. The molecule has 6 nitrogen and oxygen atoms in total. The smallest absolute Gasteiger partial charge is 0.277 e. The third kappa shape index (κ3) is 2.35. The number of nitrogens with one attached hydrogen (secondary N) is 1. The van der Waals surface area contributed by atoms with Crippen LogP contribution in [-0.4, -0.2) is 27.7 Å². The Morgan fingerprint density at radius 1 is 1.33 bits per heavy atom. The first kappa shape index (κ1) is 15.6. The van der Waals surface area contributed by atoms with Crippen molar-refractivity contribution in [3.05, 3.63) is 16.1 Å². The molecule has 1 aromatic rings. The van der Waals surface area contributed by atoms with Gasteiger partial charge in [0.25, 0.3) is 0 Å². The molecule has 1 aliphatic rings. The zero-order valence-corrected chi connectivity index (χ0v) is 13.4. The van der Waals surface area contributed by atoms with E-state index in [-0.39, 0.29) is 0 Å². The summed E-state index contributed by atoms with van der Waals surface area (Å²) in [6.45, 7) is 7.24. The van der Waals surface area contributed by atoms with Crippen LogP contribution in [0.3, 0.4) is 0 Å². The second-order valence-corrected chi connectivity index (χ2v) is 6.48. The number of hydrogen-bond acceptors (Lipinski definition) is 5. The minimum absolute atomic E-state index is 0.363. The van der Waals surface area contributed by atoms with E-state index in [4.69, 9.17) is 0 Å². The average Bonchev–Trinajstić information content (AvgIpc) is 2.86. The number of rotatable bonds is 4. The van der Waals surface area contributed by atoms with E-state index in [1.807, 2.05) is 6.92 Å². The summed E-state index contributed by atoms with van der Waals surface area (Å²) in [6.07, 6.45) is 2.43. The Balaban J connectivity index is 2.40. The van der Waals surface area contributed by atoms with Crippen LogP contribution in [0.2, 0.25) is 0 Å². The van der Waals surface area contributed by atoms with Crippen molar-refractivity contribution >= 4 is 29.2 Å². The van der Waals surface area contributed by atoms with Crippen molar-refractivity contribution in [1.29, 1.82) is 0 Å². The van der Waals surface area contributed by atoms with E-state index in [2.05, 4.69) is 10.3 Å². The summed E-state index contributed by atoms with van der Waals surface area (Å²) in [7, 11) is 0. The first-order valence-corrected chi connectivity index (χ1v) is 7.80. The first-order valence-electron chi connectivity index (χ1n) is 6.98. The maximum Gasteiger partial charge on any atom is 0.331 e. The van der Waals surface area contributed by atoms with Crippen LogP contribution in [0.4, 0.5) is 4.79 Å². The van der Waals surface area contributed by atoms with Gasteiger partial charge in [0.1, 0.15) is 10.4 Å². The molecule has 1 aliphatic heterocycles. The van der Waals surface area contributed by atoms with Gasteiger partial charge in [0.05, 0.1) is 6.04 Å². The van der Waals surface area contributed by atoms with Gasteiger partial charge in [0, 0.05) is 11.1 Å². The van der Waals surface area contributed by atoms with Gasteiger partial charge in [-0.25, -0.2) is 9.78 Å². The number of urea groups is 1. The molecule has 1 unspecified atom stereocenters. The van der Waals surface area contributed by atoms with Gasteiger partial charge in [-0.05, 0) is 26.7 Å². The molecule has 0 spiro atoms. The third-order valence-electron chi connectivity index (χ3n) is 4.09. The van der Waals surface area contributed by atoms with Crippen molar-refractivity contribution in [3.8, 4) is 0 Å². The quantitative estimate of drug-likeness (QED) is 0.866. The van der Waals surface area contributed by atoms with Crippen molar-refractivity contribution in [2.24, 2.45) is 5.41 Å². The maximum atomic E-state index is 12.8. The molecule has 7 heteroatoms. The van der Waals surface area contributed by atoms with E-state index in [0.29, 0.717) is 17.8 Å². The molecule has 21 heavy (non-hydrogen) atoms. The fourth-order valence-corrected chi connectivity index (χ4v) is 3.41. The fourth-order valence-electron chi connectivity index (χ4n) is 2.60. The highest BCUT2D eigenvalue weighted by Gasteiger charge is 2.53. The van der Waals surface area contributed by atoms with E-state index in [9.17, 15) is 14.4 Å². The molecule has 4 amide bonds. The number of hydrogen-bond donors (Lipinski definition) is 1. The Hall–Kier alpha value is -1.76. The topological polar surface area (TPSA) is 79.4 Å². The number of aryl methyl sites for hydroxylation is 1. The highest BCUT2D eigenvalue weighted by atomic mass is 32.1. The van der Waals surface area contributed by atoms with E-state index in [0.717, 1.165) is 9.78 Å². The largest absolute Gasteiger partial charge is 0.331 e. The molecule has 0 saturated carbocycles. The number of nitrogens with zero attached hydrogens (tertiary/aromatic N) is 2. The van der Waals surface area contributed by atoms with Gasteiger partial charge < -0.3 is 0 Å². The van der Waals surface area contributed by atoms with Gasteiger partial charge in [-0.15, -0.1) is 11.3 Å². The van der Waals surface area contributed by atoms with Crippen molar-refractivity contribution in [3.63, 3.8) is 0 Å². The lowest BCUT2D eigenvalue weighted by atomic mass is 9.78. The lowest BCUT2D eigenvalue weighted by Gasteiger charge is -2.40. The monoisotopic (exact) mass is 309 g/mol. The average molecular weight is 309 g/mol. The zero-order valence-electron chi connectivity index (χ0n) is 12.6. The Kier molecular flexibility index (Phi) is 4.13. The normalized spacial score (nSPS) is 19.6. The molecule has 2 heterocycles. The van der Waals surface area contributed by atoms with Crippen LogP contribution in [0, 0.1) is 12.3 Å². The lowest BCUT2D eigenvalue weighted by Crippen LogP contribution is -2.63. The highest BCUT2D eigenvalue weighted by molar-refractivity contribution is 7.11. The lowest BCUT2D eigenvalue weighted by molar-refractivity contribution is -0.153. The zero-order chi connectivity index (χ0) is 15.8. The summed E-state index contributed by atoms with van der Waals surface area (Å²) in [4.78, 5) is 43.4. The molecule has 114 valence electrons. The van der Waals surface area contributed by atoms with E-state index in [1.165, 1.54) is 11.3 Å². The molecular weight excluding hydrogens is 290 g/mol. The molecule has 0 aliphatic carbocycles. The van der Waals surface area contributed by atoms with Crippen molar-refractivity contribution in [2.75, 3.05) is 0 Å². The fraction of sp³-hybridized carbons (Fsp3) is 0.571. The maximum absolute atomic E-state index is 12.8. The first-order chi connectivity index (χ1) is 9.87. The molecule has 1 aromatic heterocycles. The van der Waals surface area contributed by atoms with Crippen LogP contribution in [0.25, 0.3) is 0 Å². The van der Waals surface area contributed by atoms with Gasteiger partial charge in [-0.2, -0.15) is 0 Å². The number of carbonyl (C=O) groups is 3. The number of thiazole rings is 1. The highest BCUT2D eigenvalue weighted by Crippen LogP contribution is 2.36. The number of imide groups is 2. The molecular formula is C14H19N3O3S. The Bertz CT molecular complexity index is 592. The molecule has 0 radical (unpaired) electrons. The molecule has 1 saturated heterocycles. The molecule has 0 aromatic carbocycles. The Labute approximate surface area is 127 Å². The molecule has 1 N–H and O–H groups in total. The van der Waals surface area contributed by atoms with Gasteiger partial charge in [-0.1, -0.05) is 13.8 Å². The number of carbonyl (C=O) groups excluding carboxylic acids is 3. The number of aromatic nitrogens is 1. The van der Waals surface area contributed by atoms with Crippen LogP contribution < -0.4 is 5.32 Å². The number of barbiturate groups is 1. The van der Waals surface area contributed by atoms with Gasteiger partial charge in [-0.3, -0.25) is 19.8 Å². The van der Waals surface area contributed by atoms with E-state index >= 15 is 0 Å². The Morgan fingerprint density at radius 3 is 2.43 bits per heavy atom. The summed E-state index contributed by atoms with van der Waals surface area (Å²) in [5, 5.41) is 3.00. The standard InChI is InChI=1S/C14H19N3O3S/c1-5-14(6-2)11(18)16-13(20)17(12(14)19)9(4)10-15-7-8(3)21-10/h7,9H,5-6H2,1-4H3,(H,16,18,20). The summed E-state index contributed by atoms with van der Waals surface area (Å²) < 4.78 is 0. The minimum atomic E-state index is -1.16. The van der Waals surface area contributed by atoms with Gasteiger partial charge >= 0.3 is 6.03 Å². The van der Waals surface area contributed by atoms with Gasteiger partial charge in [0.15, 0.2) is 0 Å². The summed E-state index contributed by atoms with van der Waals surface area (Å²) in [5.41, 5.74) is -1.16. The van der Waals surface area contributed by atoms with Crippen molar-refractivity contribution < 1.29 is 14.4 Å². The van der Waals surface area contributed by atoms with Crippen LogP contribution in [0.5, 0.6) is 0 Å². The van der Waals surface area contributed by atoms with Crippen LogP contribution in [-0.2, 0) is 9.59 Å². The predicted octanol–water partition coefficient (Wildman–Crippen LogP) is 2.40. The molecule has 1 atom stereocenters. The minimum Gasteiger partial charge on any atom is -0.277 e. The third-order valence-corrected chi connectivity index (χ3v) is 5.18. The van der Waals surface area contributed by atoms with Crippen LogP contribution in [0.1, 0.15) is 49.5 Å². The SMILES string of the molecule is CCC1(CC)C(=O)NC(=O)N(C(C)c2ncc(C)s2)C1=O. The van der Waals surface area contributed by atoms with Crippen LogP contribution in [0.15, 0.2) is 6.20 Å².